The zero-order chi connectivity index (χ0) is 12.1. The minimum atomic E-state index is 0.529. The molecule has 0 heterocycles. The van der Waals surface area contributed by atoms with Crippen molar-refractivity contribution in [2.75, 3.05) is 7.11 Å². The largest absolute Gasteiger partial charge is 0.495 e. The van der Waals surface area contributed by atoms with Gasteiger partial charge < -0.3 is 9.47 Å². The maximum absolute atomic E-state index is 5.71. The minimum Gasteiger partial charge on any atom is -0.495 e. The molecule has 0 aliphatic carbocycles. The van der Waals surface area contributed by atoms with Crippen LogP contribution >= 0.6 is 12.6 Å². The van der Waals surface area contributed by atoms with Gasteiger partial charge in [-0.15, -0.1) is 12.6 Å². The quantitative estimate of drug-likeness (QED) is 0.831. The molecule has 0 saturated heterocycles. The van der Waals surface area contributed by atoms with E-state index in [9.17, 15) is 0 Å². The third kappa shape index (κ3) is 2.94. The van der Waals surface area contributed by atoms with Gasteiger partial charge in [-0.2, -0.15) is 0 Å². The van der Waals surface area contributed by atoms with E-state index in [1.807, 2.05) is 48.5 Å². The van der Waals surface area contributed by atoms with E-state index >= 15 is 0 Å². The summed E-state index contributed by atoms with van der Waals surface area (Å²) < 4.78 is 10.9. The highest BCUT2D eigenvalue weighted by Crippen LogP contribution is 2.32. The van der Waals surface area contributed by atoms with Gasteiger partial charge in [0.1, 0.15) is 18.1 Å². The Kier molecular flexibility index (Phi) is 3.94. The van der Waals surface area contributed by atoms with E-state index in [1.54, 1.807) is 7.11 Å². The molecule has 0 saturated carbocycles. The Hall–Kier alpha value is -1.61. The second kappa shape index (κ2) is 5.64. The number of hydrogen-bond acceptors (Lipinski definition) is 3. The fourth-order valence-electron chi connectivity index (χ4n) is 1.52. The molecule has 0 fully saturated rings. The smallest absolute Gasteiger partial charge is 0.136 e. The first kappa shape index (κ1) is 11.9. The van der Waals surface area contributed by atoms with E-state index < -0.39 is 0 Å². The first-order valence-corrected chi connectivity index (χ1v) is 5.78. The molecule has 0 spiro atoms. The predicted octanol–water partition coefficient (Wildman–Crippen LogP) is 3.56. The van der Waals surface area contributed by atoms with Crippen molar-refractivity contribution in [3.8, 4) is 11.5 Å². The van der Waals surface area contributed by atoms with Gasteiger partial charge in [0.05, 0.1) is 12.0 Å². The van der Waals surface area contributed by atoms with Crippen molar-refractivity contribution in [3.05, 3.63) is 54.1 Å². The summed E-state index contributed by atoms with van der Waals surface area (Å²) in [5, 5.41) is 0. The zero-order valence-electron chi connectivity index (χ0n) is 9.59. The van der Waals surface area contributed by atoms with Crippen LogP contribution in [0.1, 0.15) is 5.56 Å². The summed E-state index contributed by atoms with van der Waals surface area (Å²) in [6.45, 7) is 0.529. The van der Waals surface area contributed by atoms with Gasteiger partial charge in [0.2, 0.25) is 0 Å². The lowest BCUT2D eigenvalue weighted by Crippen LogP contribution is -1.96. The molecule has 17 heavy (non-hydrogen) atoms. The monoisotopic (exact) mass is 246 g/mol. The summed E-state index contributed by atoms with van der Waals surface area (Å²) >= 11 is 4.39. The molecule has 0 amide bonds. The summed E-state index contributed by atoms with van der Waals surface area (Å²) in [5.41, 5.74) is 1.13. The van der Waals surface area contributed by atoms with E-state index in [1.165, 1.54) is 0 Å². The van der Waals surface area contributed by atoms with E-state index in [4.69, 9.17) is 9.47 Å². The first-order valence-electron chi connectivity index (χ1n) is 5.34. The first-order chi connectivity index (χ1) is 8.31. The SMILES string of the molecule is COc1cccc(OCc2ccccc2)c1S. The third-order valence-electron chi connectivity index (χ3n) is 2.42. The number of rotatable bonds is 4. The molecule has 0 atom stereocenters. The number of thiol groups is 1. The van der Waals surface area contributed by atoms with E-state index in [0.717, 1.165) is 22.0 Å². The molecule has 0 aliphatic heterocycles. The van der Waals surface area contributed by atoms with Crippen molar-refractivity contribution >= 4 is 12.6 Å². The summed E-state index contributed by atoms with van der Waals surface area (Å²) in [4.78, 5) is 0.728. The Morgan fingerprint density at radius 3 is 2.35 bits per heavy atom. The molecule has 0 unspecified atom stereocenters. The highest BCUT2D eigenvalue weighted by Gasteiger charge is 2.05. The fourth-order valence-corrected chi connectivity index (χ4v) is 1.82. The normalized spacial score (nSPS) is 10.0. The summed E-state index contributed by atoms with van der Waals surface area (Å²) in [7, 11) is 1.62. The second-order valence-electron chi connectivity index (χ2n) is 3.58. The van der Waals surface area contributed by atoms with Gasteiger partial charge in [0.25, 0.3) is 0 Å². The van der Waals surface area contributed by atoms with Crippen LogP contribution in [0.4, 0.5) is 0 Å². The average Bonchev–Trinajstić information content (AvgIpc) is 2.39. The highest BCUT2D eigenvalue weighted by atomic mass is 32.1. The molecule has 0 aliphatic rings. The van der Waals surface area contributed by atoms with Crippen LogP contribution in [0.3, 0.4) is 0 Å². The van der Waals surface area contributed by atoms with Gasteiger partial charge in [-0.1, -0.05) is 36.4 Å². The lowest BCUT2D eigenvalue weighted by molar-refractivity contribution is 0.294. The average molecular weight is 246 g/mol. The summed E-state index contributed by atoms with van der Waals surface area (Å²) in [6, 6.07) is 15.7. The molecule has 0 radical (unpaired) electrons. The van der Waals surface area contributed by atoms with Gasteiger partial charge in [-0.3, -0.25) is 0 Å². The molecule has 3 heteroatoms. The maximum atomic E-state index is 5.71. The zero-order valence-corrected chi connectivity index (χ0v) is 10.5. The number of ether oxygens (including phenoxy) is 2. The Morgan fingerprint density at radius 2 is 1.65 bits per heavy atom. The Balaban J connectivity index is 2.09. The van der Waals surface area contributed by atoms with Crippen molar-refractivity contribution in [2.45, 2.75) is 11.5 Å². The second-order valence-corrected chi connectivity index (χ2v) is 4.03. The van der Waals surface area contributed by atoms with Crippen molar-refractivity contribution in [1.29, 1.82) is 0 Å². The van der Waals surface area contributed by atoms with E-state index in [2.05, 4.69) is 12.6 Å². The van der Waals surface area contributed by atoms with E-state index in [-0.39, 0.29) is 0 Å². The Morgan fingerprint density at radius 1 is 0.941 bits per heavy atom. The van der Waals surface area contributed by atoms with Crippen LogP contribution in [0.5, 0.6) is 11.5 Å². The van der Waals surface area contributed by atoms with Crippen molar-refractivity contribution < 1.29 is 9.47 Å². The van der Waals surface area contributed by atoms with Crippen LogP contribution in [-0.4, -0.2) is 7.11 Å². The molecule has 0 N–H and O–H groups in total. The molecular weight excluding hydrogens is 232 g/mol. The van der Waals surface area contributed by atoms with Crippen molar-refractivity contribution in [2.24, 2.45) is 0 Å². The van der Waals surface area contributed by atoms with Crippen LogP contribution in [0, 0.1) is 0 Å². The van der Waals surface area contributed by atoms with Crippen LogP contribution in [0.2, 0.25) is 0 Å². The number of hydrogen-bond donors (Lipinski definition) is 1. The highest BCUT2D eigenvalue weighted by molar-refractivity contribution is 7.80. The summed E-state index contributed by atoms with van der Waals surface area (Å²) in [6.07, 6.45) is 0. The van der Waals surface area contributed by atoms with Crippen LogP contribution < -0.4 is 9.47 Å². The van der Waals surface area contributed by atoms with Gasteiger partial charge in [0.15, 0.2) is 0 Å². The van der Waals surface area contributed by atoms with Crippen molar-refractivity contribution in [1.82, 2.24) is 0 Å². The van der Waals surface area contributed by atoms with Gasteiger partial charge in [-0.05, 0) is 17.7 Å². The lowest BCUT2D eigenvalue weighted by atomic mass is 10.2. The topological polar surface area (TPSA) is 18.5 Å². The van der Waals surface area contributed by atoms with E-state index in [0.29, 0.717) is 6.61 Å². The molecule has 2 rings (SSSR count). The molecular formula is C14H14O2S. The third-order valence-corrected chi connectivity index (χ3v) is 2.86. The maximum Gasteiger partial charge on any atom is 0.136 e. The molecule has 0 aromatic heterocycles. The molecule has 2 aromatic rings. The Labute approximate surface area is 107 Å². The fraction of sp³-hybridized carbons (Fsp3) is 0.143. The molecule has 2 nitrogen and oxygen atoms in total. The number of benzene rings is 2. The standard InChI is InChI=1S/C14H14O2S/c1-15-12-8-5-9-13(14(12)17)16-10-11-6-3-2-4-7-11/h2-9,17H,10H2,1H3. The molecule has 0 bridgehead atoms. The van der Waals surface area contributed by atoms with Crippen LogP contribution in [0.15, 0.2) is 53.4 Å². The summed E-state index contributed by atoms with van der Waals surface area (Å²) in [5.74, 6) is 1.45. The molecule has 88 valence electrons. The van der Waals surface area contributed by atoms with Crippen LogP contribution in [0.25, 0.3) is 0 Å². The van der Waals surface area contributed by atoms with Gasteiger partial charge in [-0.25, -0.2) is 0 Å². The van der Waals surface area contributed by atoms with Gasteiger partial charge >= 0.3 is 0 Å². The van der Waals surface area contributed by atoms with Crippen LogP contribution in [-0.2, 0) is 6.61 Å². The number of methoxy groups -OCH3 is 1. The van der Waals surface area contributed by atoms with Crippen molar-refractivity contribution in [3.63, 3.8) is 0 Å². The predicted molar refractivity (Wildman–Crippen MR) is 71.0 cm³/mol. The molecule has 2 aromatic carbocycles. The Bertz CT molecular complexity index is 483. The lowest BCUT2D eigenvalue weighted by Gasteiger charge is -2.11. The van der Waals surface area contributed by atoms with Gasteiger partial charge in [0, 0.05) is 0 Å². The minimum absolute atomic E-state index is 0.529.